The first-order valence-electron chi connectivity index (χ1n) is 13.4. The molecule has 0 fully saturated rings. The molecule has 5 rings (SSSR count). The van der Waals surface area contributed by atoms with E-state index in [-0.39, 0.29) is 18.3 Å². The first-order chi connectivity index (χ1) is 19.3. The SMILES string of the molecule is CCOC(=O)C1=C(C)N=c2s/c(=C\c3ccc(OCC)c4ccccc34)c(=O)n2[C@@H]1c1ccccc1OC(C)C. The molecule has 8 heteroatoms. The topological polar surface area (TPSA) is 79.1 Å². The summed E-state index contributed by atoms with van der Waals surface area (Å²) in [5.74, 6) is 0.902. The Morgan fingerprint density at radius 1 is 1.00 bits per heavy atom. The number of hydrogen-bond donors (Lipinski definition) is 0. The minimum Gasteiger partial charge on any atom is -0.493 e. The van der Waals surface area contributed by atoms with Gasteiger partial charge < -0.3 is 14.2 Å². The van der Waals surface area contributed by atoms with Crippen LogP contribution in [-0.2, 0) is 9.53 Å². The number of carbonyl (C=O) groups excluding carboxylic acids is 1. The largest absolute Gasteiger partial charge is 0.493 e. The summed E-state index contributed by atoms with van der Waals surface area (Å²) in [6.07, 6.45) is 1.79. The number of ether oxygens (including phenoxy) is 3. The van der Waals surface area contributed by atoms with Crippen LogP contribution in [0.15, 0.2) is 81.7 Å². The molecule has 0 radical (unpaired) electrons. The molecule has 2 heterocycles. The average Bonchev–Trinajstić information content (AvgIpc) is 3.23. The van der Waals surface area contributed by atoms with E-state index in [2.05, 4.69) is 0 Å². The Morgan fingerprint density at radius 3 is 2.45 bits per heavy atom. The summed E-state index contributed by atoms with van der Waals surface area (Å²) in [6, 6.07) is 18.6. The molecule has 0 saturated heterocycles. The van der Waals surface area contributed by atoms with E-state index in [1.807, 2.05) is 87.5 Å². The number of fused-ring (bicyclic) bond motifs is 2. The standard InChI is InChI=1S/C32H32N2O5S/c1-6-37-25-17-16-21(22-12-8-9-13-23(22)25)18-27-30(35)34-29(24-14-10-11-15-26(24)39-19(3)4)28(31(36)38-7-2)20(5)33-32(34)40-27/h8-19,29H,6-7H2,1-5H3/b27-18-/t29-/m1/s1. The fourth-order valence-corrected chi connectivity index (χ4v) is 6.03. The van der Waals surface area contributed by atoms with Crippen molar-refractivity contribution in [2.75, 3.05) is 13.2 Å². The van der Waals surface area contributed by atoms with Crippen molar-refractivity contribution >= 4 is 34.2 Å². The van der Waals surface area contributed by atoms with Crippen molar-refractivity contribution in [3.8, 4) is 11.5 Å². The van der Waals surface area contributed by atoms with Crippen molar-refractivity contribution in [3.63, 3.8) is 0 Å². The summed E-state index contributed by atoms with van der Waals surface area (Å²) in [5.41, 5.74) is 2.20. The molecule has 4 aromatic rings. The molecule has 1 aliphatic rings. The molecule has 1 aliphatic heterocycles. The van der Waals surface area contributed by atoms with E-state index in [1.54, 1.807) is 18.4 Å². The zero-order chi connectivity index (χ0) is 28.4. The molecule has 40 heavy (non-hydrogen) atoms. The van der Waals surface area contributed by atoms with Crippen molar-refractivity contribution < 1.29 is 19.0 Å². The smallest absolute Gasteiger partial charge is 0.338 e. The number of hydrogen-bond acceptors (Lipinski definition) is 7. The highest BCUT2D eigenvalue weighted by Gasteiger charge is 2.35. The summed E-state index contributed by atoms with van der Waals surface area (Å²) in [7, 11) is 0. The number of benzene rings is 3. The van der Waals surface area contributed by atoms with Gasteiger partial charge in [0.05, 0.1) is 35.1 Å². The van der Waals surface area contributed by atoms with Gasteiger partial charge in [0, 0.05) is 10.9 Å². The number of nitrogens with zero attached hydrogens (tertiary/aromatic N) is 2. The molecule has 0 aliphatic carbocycles. The Hall–Kier alpha value is -4.17. The zero-order valence-corrected chi connectivity index (χ0v) is 24.1. The predicted molar refractivity (Wildman–Crippen MR) is 158 cm³/mol. The maximum absolute atomic E-state index is 14.1. The van der Waals surface area contributed by atoms with Gasteiger partial charge in [0.25, 0.3) is 5.56 Å². The fourth-order valence-electron chi connectivity index (χ4n) is 5.00. The number of rotatable bonds is 8. The van der Waals surface area contributed by atoms with Crippen LogP contribution in [0.1, 0.15) is 51.8 Å². The molecule has 7 nitrogen and oxygen atoms in total. The Morgan fingerprint density at radius 2 is 1.73 bits per heavy atom. The maximum atomic E-state index is 14.1. The number of aromatic nitrogens is 1. The molecular formula is C32H32N2O5S. The second-order valence-electron chi connectivity index (χ2n) is 9.64. The molecule has 0 amide bonds. The molecule has 0 N–H and O–H groups in total. The molecule has 0 saturated carbocycles. The Labute approximate surface area is 236 Å². The Balaban J connectivity index is 1.75. The van der Waals surface area contributed by atoms with E-state index in [1.165, 1.54) is 11.3 Å². The van der Waals surface area contributed by atoms with Gasteiger partial charge in [-0.3, -0.25) is 9.36 Å². The molecule has 0 bridgehead atoms. The van der Waals surface area contributed by atoms with Gasteiger partial charge in [0.15, 0.2) is 4.80 Å². The molecule has 206 valence electrons. The third-order valence-corrected chi connectivity index (χ3v) is 7.58. The van der Waals surface area contributed by atoms with E-state index in [0.717, 1.165) is 22.1 Å². The van der Waals surface area contributed by atoms with Crippen LogP contribution >= 0.6 is 11.3 Å². The first kappa shape index (κ1) is 27.4. The Bertz CT molecular complexity index is 1800. The fraction of sp³-hybridized carbons (Fsp3) is 0.281. The van der Waals surface area contributed by atoms with Crippen LogP contribution in [0.2, 0.25) is 0 Å². The second-order valence-corrected chi connectivity index (χ2v) is 10.6. The maximum Gasteiger partial charge on any atom is 0.338 e. The second kappa shape index (κ2) is 11.5. The Kier molecular flexibility index (Phi) is 7.89. The number of carbonyl (C=O) groups is 1. The molecule has 0 unspecified atom stereocenters. The molecule has 1 aromatic heterocycles. The van der Waals surface area contributed by atoms with Crippen LogP contribution in [0, 0.1) is 0 Å². The van der Waals surface area contributed by atoms with Gasteiger partial charge in [-0.2, -0.15) is 0 Å². The van der Waals surface area contributed by atoms with Crippen molar-refractivity contribution in [3.05, 3.63) is 103 Å². The molecule has 3 aromatic carbocycles. The first-order valence-corrected chi connectivity index (χ1v) is 14.3. The molecule has 0 spiro atoms. The third-order valence-electron chi connectivity index (χ3n) is 6.60. The number of para-hydroxylation sites is 1. The molecule has 1 atom stereocenters. The van der Waals surface area contributed by atoms with Crippen LogP contribution in [-0.4, -0.2) is 29.9 Å². The lowest BCUT2D eigenvalue weighted by Gasteiger charge is -2.26. The zero-order valence-electron chi connectivity index (χ0n) is 23.3. The number of thiazole rings is 1. The monoisotopic (exact) mass is 556 g/mol. The van der Waals surface area contributed by atoms with Gasteiger partial charge in [-0.1, -0.05) is 59.9 Å². The minimum atomic E-state index is -0.746. The van der Waals surface area contributed by atoms with Crippen molar-refractivity contribution in [2.45, 2.75) is 46.8 Å². The predicted octanol–water partition coefficient (Wildman–Crippen LogP) is 5.14. The normalized spacial score (nSPS) is 15.2. The van der Waals surface area contributed by atoms with Gasteiger partial charge in [0.1, 0.15) is 17.5 Å². The lowest BCUT2D eigenvalue weighted by atomic mass is 9.95. The van der Waals surface area contributed by atoms with E-state index in [9.17, 15) is 9.59 Å². The van der Waals surface area contributed by atoms with Crippen LogP contribution < -0.4 is 24.4 Å². The summed E-state index contributed by atoms with van der Waals surface area (Å²) in [5, 5.41) is 1.96. The summed E-state index contributed by atoms with van der Waals surface area (Å²) < 4.78 is 19.5. The number of esters is 1. The average molecular weight is 557 g/mol. The van der Waals surface area contributed by atoms with E-state index >= 15 is 0 Å². The molecular weight excluding hydrogens is 524 g/mol. The van der Waals surface area contributed by atoms with Gasteiger partial charge in [-0.15, -0.1) is 0 Å². The van der Waals surface area contributed by atoms with Crippen LogP contribution in [0.4, 0.5) is 0 Å². The van der Waals surface area contributed by atoms with E-state index in [0.29, 0.717) is 38.5 Å². The summed E-state index contributed by atoms with van der Waals surface area (Å²) >= 11 is 1.30. The highest BCUT2D eigenvalue weighted by atomic mass is 32.1. The van der Waals surface area contributed by atoms with Gasteiger partial charge in [-0.05, 0) is 63.8 Å². The summed E-state index contributed by atoms with van der Waals surface area (Å²) in [4.78, 5) is 32.6. The lowest BCUT2D eigenvalue weighted by Crippen LogP contribution is -2.40. The minimum absolute atomic E-state index is 0.0963. The van der Waals surface area contributed by atoms with E-state index < -0.39 is 12.0 Å². The quantitative estimate of drug-likeness (QED) is 0.281. The number of allylic oxidation sites excluding steroid dienone is 1. The highest BCUT2D eigenvalue weighted by molar-refractivity contribution is 7.07. The summed E-state index contributed by atoms with van der Waals surface area (Å²) in [6.45, 7) is 10.1. The van der Waals surface area contributed by atoms with Gasteiger partial charge in [0.2, 0.25) is 0 Å². The van der Waals surface area contributed by atoms with Crippen molar-refractivity contribution in [2.24, 2.45) is 4.99 Å². The third kappa shape index (κ3) is 5.07. The van der Waals surface area contributed by atoms with Crippen LogP contribution in [0.25, 0.3) is 16.8 Å². The van der Waals surface area contributed by atoms with Crippen molar-refractivity contribution in [1.29, 1.82) is 0 Å². The van der Waals surface area contributed by atoms with Crippen LogP contribution in [0.3, 0.4) is 0 Å². The van der Waals surface area contributed by atoms with Gasteiger partial charge >= 0.3 is 5.97 Å². The van der Waals surface area contributed by atoms with Crippen molar-refractivity contribution in [1.82, 2.24) is 4.57 Å². The lowest BCUT2D eigenvalue weighted by molar-refractivity contribution is -0.139. The van der Waals surface area contributed by atoms with Crippen LogP contribution in [0.5, 0.6) is 11.5 Å². The van der Waals surface area contributed by atoms with Gasteiger partial charge in [-0.25, -0.2) is 9.79 Å². The van der Waals surface area contributed by atoms with E-state index in [4.69, 9.17) is 19.2 Å². The highest BCUT2D eigenvalue weighted by Crippen LogP contribution is 2.36.